The Hall–Kier alpha value is -1.35. The molecule has 4 heteroatoms. The van der Waals surface area contributed by atoms with Crippen LogP contribution in [-0.2, 0) is 15.0 Å². The van der Waals surface area contributed by atoms with E-state index in [1.807, 2.05) is 0 Å². The van der Waals surface area contributed by atoms with Crippen molar-refractivity contribution < 1.29 is 14.7 Å². The van der Waals surface area contributed by atoms with Crippen LogP contribution in [0.5, 0.6) is 0 Å². The van der Waals surface area contributed by atoms with Gasteiger partial charge in [0.2, 0.25) is 0 Å². The van der Waals surface area contributed by atoms with Crippen LogP contribution in [0.25, 0.3) is 0 Å². The van der Waals surface area contributed by atoms with Crippen molar-refractivity contribution in [3.8, 4) is 0 Å². The average molecular weight is 239 g/mol. The van der Waals surface area contributed by atoms with Gasteiger partial charge in [-0.3, -0.25) is 9.59 Å². The second-order valence-corrected chi connectivity index (χ2v) is 4.55. The van der Waals surface area contributed by atoms with E-state index in [0.29, 0.717) is 23.4 Å². The molecule has 2 rings (SSSR count). The standard InChI is InChI=1S/C12H11ClO3/c13-9-3-1-8(2-4-9)12(11(15)16)6-5-10(14)7-12/h1-4H,5-7H2,(H,15,16). The predicted molar refractivity (Wildman–Crippen MR) is 59.6 cm³/mol. The Labute approximate surface area is 98.0 Å². The number of hydrogen-bond acceptors (Lipinski definition) is 2. The van der Waals surface area contributed by atoms with Gasteiger partial charge in [0.25, 0.3) is 0 Å². The molecular formula is C12H11ClO3. The highest BCUT2D eigenvalue weighted by Crippen LogP contribution is 2.39. The van der Waals surface area contributed by atoms with E-state index in [-0.39, 0.29) is 12.2 Å². The maximum Gasteiger partial charge on any atom is 0.314 e. The van der Waals surface area contributed by atoms with Crippen LogP contribution in [-0.4, -0.2) is 16.9 Å². The lowest BCUT2D eigenvalue weighted by Crippen LogP contribution is -2.33. The molecule has 1 aromatic carbocycles. The molecule has 1 aliphatic carbocycles. The normalized spacial score (nSPS) is 24.7. The van der Waals surface area contributed by atoms with Gasteiger partial charge in [-0.05, 0) is 24.1 Å². The number of benzene rings is 1. The first kappa shape index (κ1) is 11.1. The number of Topliss-reactive ketones (excluding diaryl/α,β-unsaturated/α-hetero) is 1. The number of ketones is 1. The van der Waals surface area contributed by atoms with Crippen molar-refractivity contribution in [3.05, 3.63) is 34.9 Å². The maximum atomic E-state index is 11.4. The summed E-state index contributed by atoms with van der Waals surface area (Å²) in [6.45, 7) is 0. The molecule has 1 aliphatic rings. The second-order valence-electron chi connectivity index (χ2n) is 4.11. The monoisotopic (exact) mass is 238 g/mol. The fraction of sp³-hybridized carbons (Fsp3) is 0.333. The molecule has 0 radical (unpaired) electrons. The molecule has 1 fully saturated rings. The van der Waals surface area contributed by atoms with E-state index < -0.39 is 11.4 Å². The molecule has 84 valence electrons. The van der Waals surface area contributed by atoms with Crippen molar-refractivity contribution in [2.75, 3.05) is 0 Å². The molecule has 1 unspecified atom stereocenters. The Morgan fingerprint density at radius 3 is 2.38 bits per heavy atom. The fourth-order valence-corrected chi connectivity index (χ4v) is 2.31. The van der Waals surface area contributed by atoms with E-state index in [2.05, 4.69) is 0 Å². The third kappa shape index (κ3) is 1.71. The second kappa shape index (κ2) is 3.91. The van der Waals surface area contributed by atoms with Gasteiger partial charge in [0, 0.05) is 17.9 Å². The third-order valence-corrected chi connectivity index (χ3v) is 3.39. The number of halogens is 1. The minimum atomic E-state index is -1.04. The Morgan fingerprint density at radius 1 is 1.31 bits per heavy atom. The van der Waals surface area contributed by atoms with Crippen LogP contribution in [0, 0.1) is 0 Å². The fourth-order valence-electron chi connectivity index (χ4n) is 2.19. The van der Waals surface area contributed by atoms with Gasteiger partial charge >= 0.3 is 5.97 Å². The van der Waals surface area contributed by atoms with Gasteiger partial charge < -0.3 is 5.11 Å². The van der Waals surface area contributed by atoms with Crippen LogP contribution in [0.3, 0.4) is 0 Å². The summed E-state index contributed by atoms with van der Waals surface area (Å²) in [6.07, 6.45) is 0.807. The van der Waals surface area contributed by atoms with Crippen molar-refractivity contribution in [1.82, 2.24) is 0 Å². The maximum absolute atomic E-state index is 11.4. The summed E-state index contributed by atoms with van der Waals surface area (Å²) in [7, 11) is 0. The lowest BCUT2D eigenvalue weighted by Gasteiger charge is -2.23. The molecule has 16 heavy (non-hydrogen) atoms. The van der Waals surface area contributed by atoms with Crippen LogP contribution in [0.15, 0.2) is 24.3 Å². The smallest absolute Gasteiger partial charge is 0.314 e. The topological polar surface area (TPSA) is 54.4 Å². The Balaban J connectivity index is 2.44. The molecular weight excluding hydrogens is 228 g/mol. The minimum Gasteiger partial charge on any atom is -0.481 e. The van der Waals surface area contributed by atoms with Gasteiger partial charge in [0.1, 0.15) is 5.78 Å². The SMILES string of the molecule is O=C1CCC(C(=O)O)(c2ccc(Cl)cc2)C1. The molecule has 0 spiro atoms. The summed E-state index contributed by atoms with van der Waals surface area (Å²) in [6, 6.07) is 6.69. The first-order valence-corrected chi connectivity index (χ1v) is 5.43. The van der Waals surface area contributed by atoms with Gasteiger partial charge in [-0.25, -0.2) is 0 Å². The summed E-state index contributed by atoms with van der Waals surface area (Å²) in [5, 5.41) is 9.88. The van der Waals surface area contributed by atoms with Crippen molar-refractivity contribution in [2.24, 2.45) is 0 Å². The van der Waals surface area contributed by atoms with Gasteiger partial charge in [-0.1, -0.05) is 23.7 Å². The van der Waals surface area contributed by atoms with E-state index in [1.54, 1.807) is 24.3 Å². The van der Waals surface area contributed by atoms with Crippen LogP contribution in [0.2, 0.25) is 5.02 Å². The molecule has 0 amide bonds. The molecule has 0 heterocycles. The number of hydrogen-bond donors (Lipinski definition) is 1. The van der Waals surface area contributed by atoms with Crippen molar-refractivity contribution in [3.63, 3.8) is 0 Å². The number of aliphatic carboxylic acids is 1. The van der Waals surface area contributed by atoms with E-state index in [1.165, 1.54) is 0 Å². The van der Waals surface area contributed by atoms with Crippen LogP contribution >= 0.6 is 11.6 Å². The van der Waals surface area contributed by atoms with E-state index in [9.17, 15) is 14.7 Å². The molecule has 0 aromatic heterocycles. The molecule has 1 saturated carbocycles. The number of carboxylic acids is 1. The molecule has 0 bridgehead atoms. The summed E-state index contributed by atoms with van der Waals surface area (Å²) in [4.78, 5) is 22.7. The highest BCUT2D eigenvalue weighted by atomic mass is 35.5. The van der Waals surface area contributed by atoms with Crippen LogP contribution in [0.1, 0.15) is 24.8 Å². The summed E-state index contributed by atoms with van der Waals surface area (Å²) < 4.78 is 0. The van der Waals surface area contributed by atoms with Gasteiger partial charge in [-0.15, -0.1) is 0 Å². The Kier molecular flexibility index (Phi) is 2.72. The average Bonchev–Trinajstić information content (AvgIpc) is 2.63. The Bertz CT molecular complexity index is 438. The van der Waals surface area contributed by atoms with E-state index >= 15 is 0 Å². The molecule has 1 aromatic rings. The molecule has 0 aliphatic heterocycles. The van der Waals surface area contributed by atoms with Crippen molar-refractivity contribution >= 4 is 23.4 Å². The summed E-state index contributed by atoms with van der Waals surface area (Å²) >= 11 is 5.76. The number of carboxylic acid groups (broad SMARTS) is 1. The first-order chi connectivity index (χ1) is 7.54. The highest BCUT2D eigenvalue weighted by Gasteiger charge is 2.46. The van der Waals surface area contributed by atoms with Gasteiger partial charge in [0.15, 0.2) is 0 Å². The Morgan fingerprint density at radius 2 is 1.94 bits per heavy atom. The zero-order valence-electron chi connectivity index (χ0n) is 8.57. The summed E-state index contributed by atoms with van der Waals surface area (Å²) in [5.41, 5.74) is -0.378. The quantitative estimate of drug-likeness (QED) is 0.861. The van der Waals surface area contributed by atoms with Crippen molar-refractivity contribution in [2.45, 2.75) is 24.7 Å². The lowest BCUT2D eigenvalue weighted by molar-refractivity contribution is -0.144. The highest BCUT2D eigenvalue weighted by molar-refractivity contribution is 6.30. The summed E-state index contributed by atoms with van der Waals surface area (Å²) in [5.74, 6) is -0.918. The molecule has 1 N–H and O–H groups in total. The van der Waals surface area contributed by atoms with Crippen LogP contribution in [0.4, 0.5) is 0 Å². The third-order valence-electron chi connectivity index (χ3n) is 3.14. The zero-order valence-corrected chi connectivity index (χ0v) is 9.33. The first-order valence-electron chi connectivity index (χ1n) is 5.06. The number of rotatable bonds is 2. The van der Waals surface area contributed by atoms with Gasteiger partial charge in [-0.2, -0.15) is 0 Å². The van der Waals surface area contributed by atoms with E-state index in [4.69, 9.17) is 11.6 Å². The molecule has 1 atom stereocenters. The lowest BCUT2D eigenvalue weighted by atomic mass is 9.79. The van der Waals surface area contributed by atoms with Crippen LogP contribution < -0.4 is 0 Å². The number of carbonyl (C=O) groups excluding carboxylic acids is 1. The molecule has 3 nitrogen and oxygen atoms in total. The zero-order chi connectivity index (χ0) is 11.8. The van der Waals surface area contributed by atoms with Gasteiger partial charge in [0.05, 0.1) is 5.41 Å². The van der Waals surface area contributed by atoms with Crippen molar-refractivity contribution in [1.29, 1.82) is 0 Å². The largest absolute Gasteiger partial charge is 0.481 e. The molecule has 0 saturated heterocycles. The number of carbonyl (C=O) groups is 2. The predicted octanol–water partition coefficient (Wildman–Crippen LogP) is 2.42. The minimum absolute atomic E-state index is 0.0114. The van der Waals surface area contributed by atoms with E-state index in [0.717, 1.165) is 0 Å².